The van der Waals surface area contributed by atoms with Crippen LogP contribution in [0.4, 0.5) is 0 Å². The molecule has 0 heterocycles. The van der Waals surface area contributed by atoms with E-state index in [1.165, 1.54) is 31.2 Å². The number of hydrogen-bond acceptors (Lipinski definition) is 2. The molecule has 1 aliphatic carbocycles. The molecule has 1 saturated carbocycles. The van der Waals surface area contributed by atoms with E-state index in [4.69, 9.17) is 4.74 Å². The molecule has 1 aliphatic rings. The van der Waals surface area contributed by atoms with Crippen LogP contribution in [0.2, 0.25) is 0 Å². The van der Waals surface area contributed by atoms with Crippen LogP contribution in [0.15, 0.2) is 24.3 Å². The molecule has 1 N–H and O–H groups in total. The molecule has 1 aromatic rings. The summed E-state index contributed by atoms with van der Waals surface area (Å²) in [5, 5.41) is 3.62. The van der Waals surface area contributed by atoms with Gasteiger partial charge in [-0.3, -0.25) is 0 Å². The lowest BCUT2D eigenvalue weighted by Gasteiger charge is -2.19. The highest BCUT2D eigenvalue weighted by molar-refractivity contribution is 5.32. The molecule has 0 aromatic heterocycles. The predicted octanol–water partition coefficient (Wildman–Crippen LogP) is 4.29. The van der Waals surface area contributed by atoms with E-state index in [0.717, 1.165) is 31.4 Å². The number of rotatable bonds is 6. The molecule has 0 aliphatic heterocycles. The average Bonchev–Trinajstić information content (AvgIpc) is 2.91. The van der Waals surface area contributed by atoms with Gasteiger partial charge >= 0.3 is 0 Å². The molecule has 0 spiro atoms. The minimum Gasteiger partial charge on any atom is -0.494 e. The molecule has 1 aromatic carbocycles. The topological polar surface area (TPSA) is 21.3 Å². The van der Waals surface area contributed by atoms with Crippen molar-refractivity contribution in [1.82, 2.24) is 5.32 Å². The highest BCUT2D eigenvalue weighted by Gasteiger charge is 2.14. The minimum atomic E-state index is 0.184. The van der Waals surface area contributed by atoms with Crippen LogP contribution in [0.5, 0.6) is 5.75 Å². The van der Waals surface area contributed by atoms with Gasteiger partial charge in [-0.2, -0.15) is 0 Å². The Bertz CT molecular complexity index is 402. The highest BCUT2D eigenvalue weighted by atomic mass is 16.5. The number of ether oxygens (including phenoxy) is 1. The second-order valence-electron chi connectivity index (χ2n) is 6.92. The maximum atomic E-state index is 5.87. The van der Waals surface area contributed by atoms with E-state index in [-0.39, 0.29) is 5.41 Å². The Morgan fingerprint density at radius 2 is 1.95 bits per heavy atom. The first-order chi connectivity index (χ1) is 9.55. The van der Waals surface area contributed by atoms with Crippen molar-refractivity contribution in [2.75, 3.05) is 13.2 Å². The van der Waals surface area contributed by atoms with Gasteiger partial charge in [-0.05, 0) is 48.9 Å². The molecule has 20 heavy (non-hydrogen) atoms. The highest BCUT2D eigenvalue weighted by Crippen LogP contribution is 2.25. The summed E-state index contributed by atoms with van der Waals surface area (Å²) in [7, 11) is 0. The lowest BCUT2D eigenvalue weighted by atomic mass is 9.87. The number of benzene rings is 1. The second kappa shape index (κ2) is 7.12. The zero-order valence-corrected chi connectivity index (χ0v) is 13.2. The van der Waals surface area contributed by atoms with Crippen LogP contribution in [0.3, 0.4) is 0 Å². The van der Waals surface area contributed by atoms with Gasteiger partial charge in [-0.1, -0.05) is 45.7 Å². The third-order valence-electron chi connectivity index (χ3n) is 4.08. The molecule has 0 saturated heterocycles. The summed E-state index contributed by atoms with van der Waals surface area (Å²) in [4.78, 5) is 0. The fourth-order valence-corrected chi connectivity index (χ4v) is 2.75. The molecular formula is C18H29NO. The van der Waals surface area contributed by atoms with Crippen molar-refractivity contribution in [1.29, 1.82) is 0 Å². The molecule has 0 bridgehead atoms. The summed E-state index contributed by atoms with van der Waals surface area (Å²) >= 11 is 0. The summed E-state index contributed by atoms with van der Waals surface area (Å²) in [6.45, 7) is 8.57. The van der Waals surface area contributed by atoms with E-state index in [9.17, 15) is 0 Å². The quantitative estimate of drug-likeness (QED) is 0.782. The van der Waals surface area contributed by atoms with Gasteiger partial charge in [0.15, 0.2) is 0 Å². The van der Waals surface area contributed by atoms with Crippen LogP contribution < -0.4 is 10.1 Å². The average molecular weight is 275 g/mol. The van der Waals surface area contributed by atoms with Crippen molar-refractivity contribution in [3.05, 3.63) is 29.8 Å². The molecule has 0 radical (unpaired) electrons. The SMILES string of the molecule is CC(C)(C)c1cccc(OCCCNC2CCCC2)c1. The minimum absolute atomic E-state index is 0.184. The smallest absolute Gasteiger partial charge is 0.119 e. The first-order valence-electron chi connectivity index (χ1n) is 8.02. The molecular weight excluding hydrogens is 246 g/mol. The Morgan fingerprint density at radius 1 is 1.20 bits per heavy atom. The van der Waals surface area contributed by atoms with Crippen LogP contribution >= 0.6 is 0 Å². The van der Waals surface area contributed by atoms with E-state index in [1.807, 2.05) is 0 Å². The largest absolute Gasteiger partial charge is 0.494 e. The zero-order valence-electron chi connectivity index (χ0n) is 13.2. The normalized spacial score (nSPS) is 16.6. The molecule has 2 nitrogen and oxygen atoms in total. The lowest BCUT2D eigenvalue weighted by molar-refractivity contribution is 0.304. The standard InChI is InChI=1S/C18H29NO/c1-18(2,3)15-8-6-11-17(14-15)20-13-7-12-19-16-9-4-5-10-16/h6,8,11,14,16,19H,4-5,7,9-10,12-13H2,1-3H3. The molecule has 0 atom stereocenters. The number of hydrogen-bond donors (Lipinski definition) is 1. The fraction of sp³-hybridized carbons (Fsp3) is 0.667. The Kier molecular flexibility index (Phi) is 5.47. The predicted molar refractivity (Wildman–Crippen MR) is 85.5 cm³/mol. The third kappa shape index (κ3) is 4.82. The molecule has 0 amide bonds. The van der Waals surface area contributed by atoms with Crippen LogP contribution in [-0.4, -0.2) is 19.2 Å². The third-order valence-corrected chi connectivity index (χ3v) is 4.08. The first-order valence-corrected chi connectivity index (χ1v) is 8.02. The maximum absolute atomic E-state index is 5.87. The van der Waals surface area contributed by atoms with Gasteiger partial charge in [0.2, 0.25) is 0 Å². The van der Waals surface area contributed by atoms with Crippen molar-refractivity contribution in [3.8, 4) is 5.75 Å². The van der Waals surface area contributed by atoms with Gasteiger partial charge in [0.25, 0.3) is 0 Å². The van der Waals surface area contributed by atoms with E-state index in [0.29, 0.717) is 0 Å². The van der Waals surface area contributed by atoms with Crippen molar-refractivity contribution < 1.29 is 4.74 Å². The van der Waals surface area contributed by atoms with Crippen molar-refractivity contribution >= 4 is 0 Å². The number of nitrogens with one attached hydrogen (secondary N) is 1. The van der Waals surface area contributed by atoms with Crippen molar-refractivity contribution in [2.45, 2.75) is 64.3 Å². The first kappa shape index (κ1) is 15.4. The Hall–Kier alpha value is -1.02. The maximum Gasteiger partial charge on any atom is 0.119 e. The van der Waals surface area contributed by atoms with E-state index in [2.05, 4.69) is 50.4 Å². The van der Waals surface area contributed by atoms with E-state index < -0.39 is 0 Å². The van der Waals surface area contributed by atoms with Crippen LogP contribution in [-0.2, 0) is 5.41 Å². The van der Waals surface area contributed by atoms with Gasteiger partial charge in [0, 0.05) is 6.04 Å². The summed E-state index contributed by atoms with van der Waals surface area (Å²) in [5.74, 6) is 0.998. The van der Waals surface area contributed by atoms with Gasteiger partial charge in [0.05, 0.1) is 6.61 Å². The lowest BCUT2D eigenvalue weighted by Crippen LogP contribution is -2.27. The second-order valence-corrected chi connectivity index (χ2v) is 6.92. The summed E-state index contributed by atoms with van der Waals surface area (Å²) in [6, 6.07) is 9.25. The van der Waals surface area contributed by atoms with Crippen LogP contribution in [0.1, 0.15) is 58.4 Å². The van der Waals surface area contributed by atoms with Gasteiger partial charge in [-0.25, -0.2) is 0 Å². The Balaban J connectivity index is 1.68. The van der Waals surface area contributed by atoms with Crippen LogP contribution in [0.25, 0.3) is 0 Å². The van der Waals surface area contributed by atoms with Crippen LogP contribution in [0, 0.1) is 0 Å². The molecule has 2 rings (SSSR count). The summed E-state index contributed by atoms with van der Waals surface area (Å²) in [5.41, 5.74) is 1.52. The van der Waals surface area contributed by atoms with Crippen molar-refractivity contribution in [2.24, 2.45) is 0 Å². The molecule has 0 unspecified atom stereocenters. The molecule has 1 fully saturated rings. The van der Waals surface area contributed by atoms with E-state index in [1.54, 1.807) is 0 Å². The Labute approximate surface area is 123 Å². The fourth-order valence-electron chi connectivity index (χ4n) is 2.75. The van der Waals surface area contributed by atoms with E-state index >= 15 is 0 Å². The van der Waals surface area contributed by atoms with Gasteiger partial charge in [0.1, 0.15) is 5.75 Å². The Morgan fingerprint density at radius 3 is 2.65 bits per heavy atom. The van der Waals surface area contributed by atoms with Gasteiger partial charge in [-0.15, -0.1) is 0 Å². The van der Waals surface area contributed by atoms with Crippen molar-refractivity contribution in [3.63, 3.8) is 0 Å². The zero-order chi connectivity index (χ0) is 14.4. The molecule has 112 valence electrons. The van der Waals surface area contributed by atoms with Gasteiger partial charge < -0.3 is 10.1 Å². The summed E-state index contributed by atoms with van der Waals surface area (Å²) in [6.07, 6.45) is 6.58. The molecule has 2 heteroatoms. The summed E-state index contributed by atoms with van der Waals surface area (Å²) < 4.78 is 5.87. The monoisotopic (exact) mass is 275 g/mol.